The van der Waals surface area contributed by atoms with Crippen molar-refractivity contribution in [3.63, 3.8) is 0 Å². The first-order chi connectivity index (χ1) is 14.7. The molecule has 0 bridgehead atoms. The van der Waals surface area contributed by atoms with E-state index in [0.29, 0.717) is 12.1 Å². The molecule has 0 aliphatic heterocycles. The third kappa shape index (κ3) is 5.36. The lowest BCUT2D eigenvalue weighted by Crippen LogP contribution is -2.53. The molecule has 2 unspecified atom stereocenters. The molecule has 2 atom stereocenters. The van der Waals surface area contributed by atoms with Gasteiger partial charge in [0.2, 0.25) is 5.91 Å². The second-order valence-corrected chi connectivity index (χ2v) is 8.82. The molecular formula is C24H28N4O3. The molecule has 0 saturated carbocycles. The van der Waals surface area contributed by atoms with Gasteiger partial charge >= 0.3 is 0 Å². The van der Waals surface area contributed by atoms with E-state index in [1.165, 1.54) is 0 Å². The molecule has 162 valence electrons. The molecule has 1 aromatic heterocycles. The quantitative estimate of drug-likeness (QED) is 0.382. The number of hydrogen-bond acceptors (Lipinski definition) is 6. The minimum absolute atomic E-state index is 0.128. The van der Waals surface area contributed by atoms with E-state index in [-0.39, 0.29) is 23.2 Å². The molecule has 0 saturated heterocycles. The Bertz CT molecular complexity index is 1100. The Kier molecular flexibility index (Phi) is 6.53. The maximum absolute atomic E-state index is 12.9. The van der Waals surface area contributed by atoms with Gasteiger partial charge in [-0.3, -0.25) is 19.4 Å². The third-order valence-corrected chi connectivity index (χ3v) is 5.11. The summed E-state index contributed by atoms with van der Waals surface area (Å²) in [6, 6.07) is 13.3. The number of benzene rings is 1. The molecule has 31 heavy (non-hydrogen) atoms. The lowest BCUT2D eigenvalue weighted by molar-refractivity contribution is -0.125. The van der Waals surface area contributed by atoms with Crippen LogP contribution in [0.3, 0.4) is 0 Å². The van der Waals surface area contributed by atoms with Crippen molar-refractivity contribution in [3.05, 3.63) is 80.9 Å². The molecule has 0 aliphatic rings. The van der Waals surface area contributed by atoms with Crippen LogP contribution in [0.15, 0.2) is 64.4 Å². The van der Waals surface area contributed by atoms with Crippen molar-refractivity contribution in [2.45, 2.75) is 40.3 Å². The fourth-order valence-electron chi connectivity index (χ4n) is 3.19. The second kappa shape index (κ2) is 9.12. The fraction of sp³-hybridized carbons (Fsp3) is 0.333. The zero-order valence-corrected chi connectivity index (χ0v) is 18.2. The second-order valence-electron chi connectivity index (χ2n) is 8.82. The molecular weight excluding hydrogens is 392 g/mol. The van der Waals surface area contributed by atoms with E-state index < -0.39 is 22.4 Å². The minimum Gasteiger partial charge on any atom is -0.360 e. The number of aromatic nitrogens is 1. The predicted octanol–water partition coefficient (Wildman–Crippen LogP) is 3.20. The number of hydrogen-bond donors (Lipinski definition) is 3. The van der Waals surface area contributed by atoms with Crippen LogP contribution >= 0.6 is 0 Å². The van der Waals surface area contributed by atoms with Crippen molar-refractivity contribution in [2.24, 2.45) is 11.3 Å². The van der Waals surface area contributed by atoms with Crippen molar-refractivity contribution < 1.29 is 4.79 Å². The van der Waals surface area contributed by atoms with Gasteiger partial charge in [0.1, 0.15) is 17.5 Å². The SMILES string of the molecule is CC(Cc1ccccc1)C(=O)NC(Nc1c(Nc2cccnc2)c(=O)c1=O)C(C)(C)C. The summed E-state index contributed by atoms with van der Waals surface area (Å²) in [6.45, 7) is 7.72. The van der Waals surface area contributed by atoms with Crippen LogP contribution in [0.1, 0.15) is 33.3 Å². The summed E-state index contributed by atoms with van der Waals surface area (Å²) in [5.41, 5.74) is 0.424. The molecule has 1 heterocycles. The van der Waals surface area contributed by atoms with E-state index >= 15 is 0 Å². The first-order valence-corrected chi connectivity index (χ1v) is 10.3. The van der Waals surface area contributed by atoms with Gasteiger partial charge in [0.05, 0.1) is 11.9 Å². The standard InChI is InChI=1S/C24H28N4O3/c1-15(13-16-9-6-5-7-10-16)22(31)28-23(24(2,3)4)27-19-18(20(29)21(19)30)26-17-11-8-12-25-14-17/h5-12,14-15,23,26-27H,13H2,1-4H3,(H,28,31). The summed E-state index contributed by atoms with van der Waals surface area (Å²) in [6.07, 6.45) is 3.25. The smallest absolute Gasteiger partial charge is 0.253 e. The molecule has 3 aromatic rings. The van der Waals surface area contributed by atoms with E-state index in [1.54, 1.807) is 24.5 Å². The summed E-state index contributed by atoms with van der Waals surface area (Å²) in [5.74, 6) is -0.383. The molecule has 1 amide bonds. The van der Waals surface area contributed by atoms with Crippen LogP contribution in [0.2, 0.25) is 0 Å². The van der Waals surface area contributed by atoms with Gasteiger partial charge in [0.25, 0.3) is 10.9 Å². The van der Waals surface area contributed by atoms with E-state index in [1.807, 2.05) is 58.0 Å². The summed E-state index contributed by atoms with van der Waals surface area (Å²) in [7, 11) is 0. The number of carbonyl (C=O) groups excluding carboxylic acids is 1. The van der Waals surface area contributed by atoms with Gasteiger partial charge in [-0.25, -0.2) is 0 Å². The molecule has 2 aromatic carbocycles. The van der Waals surface area contributed by atoms with Crippen molar-refractivity contribution in [1.82, 2.24) is 10.3 Å². The summed E-state index contributed by atoms with van der Waals surface area (Å²) in [5, 5.41) is 9.04. The van der Waals surface area contributed by atoms with Crippen LogP contribution in [0.25, 0.3) is 0 Å². The lowest BCUT2D eigenvalue weighted by atomic mass is 9.90. The van der Waals surface area contributed by atoms with Gasteiger partial charge < -0.3 is 16.0 Å². The Labute approximate surface area is 181 Å². The summed E-state index contributed by atoms with van der Waals surface area (Å²) >= 11 is 0. The van der Waals surface area contributed by atoms with E-state index in [4.69, 9.17) is 0 Å². The summed E-state index contributed by atoms with van der Waals surface area (Å²) < 4.78 is 0. The van der Waals surface area contributed by atoms with Gasteiger partial charge in [-0.2, -0.15) is 0 Å². The molecule has 0 fully saturated rings. The van der Waals surface area contributed by atoms with Crippen molar-refractivity contribution in [3.8, 4) is 0 Å². The van der Waals surface area contributed by atoms with Gasteiger partial charge in [-0.1, -0.05) is 58.0 Å². The van der Waals surface area contributed by atoms with E-state index in [9.17, 15) is 14.4 Å². The molecule has 7 heteroatoms. The van der Waals surface area contributed by atoms with E-state index in [2.05, 4.69) is 20.9 Å². The average molecular weight is 421 g/mol. The van der Waals surface area contributed by atoms with Gasteiger partial charge in [0, 0.05) is 17.5 Å². The van der Waals surface area contributed by atoms with Crippen LogP contribution in [0, 0.1) is 11.3 Å². The van der Waals surface area contributed by atoms with Gasteiger partial charge in [-0.15, -0.1) is 0 Å². The first kappa shape index (κ1) is 22.2. The van der Waals surface area contributed by atoms with Crippen LogP contribution in [0.4, 0.5) is 17.1 Å². The number of anilines is 3. The Morgan fingerprint density at radius 3 is 2.29 bits per heavy atom. The highest BCUT2D eigenvalue weighted by Gasteiger charge is 2.32. The van der Waals surface area contributed by atoms with Crippen molar-refractivity contribution in [1.29, 1.82) is 0 Å². The lowest BCUT2D eigenvalue weighted by Gasteiger charge is -2.34. The first-order valence-electron chi connectivity index (χ1n) is 10.3. The average Bonchev–Trinajstić information content (AvgIpc) is 2.75. The molecule has 0 aliphatic carbocycles. The van der Waals surface area contributed by atoms with Gasteiger partial charge in [0.15, 0.2) is 0 Å². The van der Waals surface area contributed by atoms with Crippen LogP contribution < -0.4 is 26.8 Å². The number of pyridine rings is 1. The topological polar surface area (TPSA) is 100 Å². The number of rotatable bonds is 8. The Hall–Kier alpha value is -3.48. The van der Waals surface area contributed by atoms with Crippen LogP contribution in [-0.2, 0) is 11.2 Å². The molecule has 3 N–H and O–H groups in total. The number of nitrogens with one attached hydrogen (secondary N) is 3. The maximum Gasteiger partial charge on any atom is 0.253 e. The number of amides is 1. The zero-order valence-electron chi connectivity index (χ0n) is 18.2. The van der Waals surface area contributed by atoms with E-state index in [0.717, 1.165) is 5.56 Å². The Morgan fingerprint density at radius 1 is 1.00 bits per heavy atom. The Morgan fingerprint density at radius 2 is 1.68 bits per heavy atom. The Balaban J connectivity index is 1.74. The van der Waals surface area contributed by atoms with Crippen LogP contribution in [0.5, 0.6) is 0 Å². The normalized spacial score (nSPS) is 13.4. The molecule has 0 radical (unpaired) electrons. The largest absolute Gasteiger partial charge is 0.360 e. The molecule has 0 spiro atoms. The van der Waals surface area contributed by atoms with Crippen LogP contribution in [-0.4, -0.2) is 17.1 Å². The summed E-state index contributed by atoms with van der Waals surface area (Å²) in [4.78, 5) is 41.2. The van der Waals surface area contributed by atoms with Crippen molar-refractivity contribution in [2.75, 3.05) is 10.6 Å². The molecule has 3 rings (SSSR count). The molecule has 7 nitrogen and oxygen atoms in total. The minimum atomic E-state index is -0.604. The highest BCUT2D eigenvalue weighted by molar-refractivity contribution is 5.81. The number of nitrogens with zero attached hydrogens (tertiary/aromatic N) is 1. The fourth-order valence-corrected chi connectivity index (χ4v) is 3.19. The maximum atomic E-state index is 12.9. The monoisotopic (exact) mass is 420 g/mol. The predicted molar refractivity (Wildman–Crippen MR) is 123 cm³/mol. The van der Waals surface area contributed by atoms with Crippen molar-refractivity contribution >= 4 is 23.0 Å². The number of carbonyl (C=O) groups is 1. The highest BCUT2D eigenvalue weighted by Crippen LogP contribution is 2.26. The highest BCUT2D eigenvalue weighted by atomic mass is 16.2. The third-order valence-electron chi connectivity index (χ3n) is 5.11. The van der Waals surface area contributed by atoms with Gasteiger partial charge in [-0.05, 0) is 24.1 Å². The zero-order chi connectivity index (χ0) is 22.6.